The van der Waals surface area contributed by atoms with E-state index in [2.05, 4.69) is 14.8 Å². The molecule has 1 saturated heterocycles. The van der Waals surface area contributed by atoms with Crippen molar-refractivity contribution in [3.63, 3.8) is 0 Å². The highest BCUT2D eigenvalue weighted by atomic mass is 19.1. The first-order valence-corrected chi connectivity index (χ1v) is 7.14. The number of pyridine rings is 1. The van der Waals surface area contributed by atoms with E-state index >= 15 is 0 Å². The number of aromatic nitrogens is 1. The first-order valence-electron chi connectivity index (χ1n) is 7.14. The highest BCUT2D eigenvalue weighted by Gasteiger charge is 2.19. The van der Waals surface area contributed by atoms with E-state index < -0.39 is 0 Å². The Balaban J connectivity index is 1.60. The number of hydrogen-bond acceptors (Lipinski definition) is 4. The second-order valence-electron chi connectivity index (χ2n) is 5.29. The minimum Gasteiger partial charge on any atom is -0.397 e. The maximum Gasteiger partial charge on any atom is 0.125 e. The van der Waals surface area contributed by atoms with Gasteiger partial charge in [-0.2, -0.15) is 0 Å². The SMILES string of the molecule is Nc1cc(F)ccc1N1CCN(Cc2ccccn2)CC1. The molecule has 0 bridgehead atoms. The van der Waals surface area contributed by atoms with Crippen molar-refractivity contribution in [1.82, 2.24) is 9.88 Å². The molecule has 110 valence electrons. The molecule has 0 saturated carbocycles. The van der Waals surface area contributed by atoms with Crippen LogP contribution in [0.5, 0.6) is 0 Å². The molecule has 1 aliphatic heterocycles. The molecule has 0 unspecified atom stereocenters. The van der Waals surface area contributed by atoms with Gasteiger partial charge < -0.3 is 10.6 Å². The normalized spacial score (nSPS) is 16.1. The molecular formula is C16H19FN4. The van der Waals surface area contributed by atoms with E-state index in [1.54, 1.807) is 6.07 Å². The van der Waals surface area contributed by atoms with Crippen LogP contribution in [0.25, 0.3) is 0 Å². The van der Waals surface area contributed by atoms with Crippen molar-refractivity contribution in [2.24, 2.45) is 0 Å². The Morgan fingerprint density at radius 1 is 1.10 bits per heavy atom. The fourth-order valence-electron chi connectivity index (χ4n) is 2.68. The highest BCUT2D eigenvalue weighted by Crippen LogP contribution is 2.25. The van der Waals surface area contributed by atoms with E-state index in [0.29, 0.717) is 5.69 Å². The molecule has 1 aliphatic rings. The van der Waals surface area contributed by atoms with Gasteiger partial charge in [-0.3, -0.25) is 9.88 Å². The molecule has 0 atom stereocenters. The van der Waals surface area contributed by atoms with Crippen LogP contribution >= 0.6 is 0 Å². The van der Waals surface area contributed by atoms with Crippen molar-refractivity contribution in [2.75, 3.05) is 36.8 Å². The first-order chi connectivity index (χ1) is 10.2. The number of nitrogens with zero attached hydrogens (tertiary/aromatic N) is 3. The largest absolute Gasteiger partial charge is 0.397 e. The van der Waals surface area contributed by atoms with Gasteiger partial charge in [0.2, 0.25) is 0 Å². The molecule has 21 heavy (non-hydrogen) atoms. The molecule has 1 aromatic heterocycles. The Labute approximate surface area is 124 Å². The fourth-order valence-corrected chi connectivity index (χ4v) is 2.68. The van der Waals surface area contributed by atoms with Crippen molar-refractivity contribution in [3.05, 3.63) is 54.1 Å². The average molecular weight is 286 g/mol. The number of hydrogen-bond donors (Lipinski definition) is 1. The van der Waals surface area contributed by atoms with Crippen LogP contribution in [-0.2, 0) is 6.54 Å². The van der Waals surface area contributed by atoms with Gasteiger partial charge >= 0.3 is 0 Å². The monoisotopic (exact) mass is 286 g/mol. The van der Waals surface area contributed by atoms with Gasteiger partial charge in [-0.25, -0.2) is 4.39 Å². The van der Waals surface area contributed by atoms with Gasteiger partial charge in [0.05, 0.1) is 17.1 Å². The number of anilines is 2. The minimum absolute atomic E-state index is 0.287. The highest BCUT2D eigenvalue weighted by molar-refractivity contribution is 5.67. The molecule has 0 radical (unpaired) electrons. The van der Waals surface area contributed by atoms with Crippen molar-refractivity contribution in [2.45, 2.75) is 6.54 Å². The maximum atomic E-state index is 13.1. The lowest BCUT2D eigenvalue weighted by atomic mass is 10.2. The minimum atomic E-state index is -0.287. The Morgan fingerprint density at radius 3 is 2.57 bits per heavy atom. The molecule has 0 aliphatic carbocycles. The van der Waals surface area contributed by atoms with Crippen molar-refractivity contribution in [1.29, 1.82) is 0 Å². The quantitative estimate of drug-likeness (QED) is 0.878. The zero-order valence-electron chi connectivity index (χ0n) is 11.9. The van der Waals surface area contributed by atoms with Crippen molar-refractivity contribution in [3.8, 4) is 0 Å². The van der Waals surface area contributed by atoms with Crippen LogP contribution in [0.1, 0.15) is 5.69 Å². The summed E-state index contributed by atoms with van der Waals surface area (Å²) in [5.74, 6) is -0.287. The third-order valence-electron chi connectivity index (χ3n) is 3.81. The number of piperazine rings is 1. The van der Waals surface area contributed by atoms with Crippen LogP contribution in [0.4, 0.5) is 15.8 Å². The fraction of sp³-hybridized carbons (Fsp3) is 0.312. The zero-order valence-corrected chi connectivity index (χ0v) is 11.9. The van der Waals surface area contributed by atoms with Crippen LogP contribution in [0.3, 0.4) is 0 Å². The van der Waals surface area contributed by atoms with Gasteiger partial charge in [0.25, 0.3) is 0 Å². The van der Waals surface area contributed by atoms with E-state index in [9.17, 15) is 4.39 Å². The van der Waals surface area contributed by atoms with Crippen LogP contribution in [0, 0.1) is 5.82 Å². The number of halogens is 1. The first kappa shape index (κ1) is 13.8. The second-order valence-corrected chi connectivity index (χ2v) is 5.29. The summed E-state index contributed by atoms with van der Waals surface area (Å²) in [7, 11) is 0. The molecule has 1 aromatic carbocycles. The van der Waals surface area contributed by atoms with Crippen LogP contribution in [0.15, 0.2) is 42.6 Å². The third kappa shape index (κ3) is 3.31. The Hall–Kier alpha value is -2.14. The summed E-state index contributed by atoms with van der Waals surface area (Å²) in [5, 5.41) is 0. The molecule has 1 fully saturated rings. The molecule has 4 nitrogen and oxygen atoms in total. The van der Waals surface area contributed by atoms with E-state index in [0.717, 1.165) is 44.1 Å². The summed E-state index contributed by atoms with van der Waals surface area (Å²) < 4.78 is 13.1. The van der Waals surface area contributed by atoms with Gasteiger partial charge in [0.1, 0.15) is 5.82 Å². The van der Waals surface area contributed by atoms with Crippen molar-refractivity contribution >= 4 is 11.4 Å². The van der Waals surface area contributed by atoms with Crippen LogP contribution in [-0.4, -0.2) is 36.1 Å². The van der Waals surface area contributed by atoms with Crippen LogP contribution in [0.2, 0.25) is 0 Å². The lowest BCUT2D eigenvalue weighted by Gasteiger charge is -2.36. The number of nitrogen functional groups attached to an aromatic ring is 1. The summed E-state index contributed by atoms with van der Waals surface area (Å²) in [6.45, 7) is 4.56. The smallest absolute Gasteiger partial charge is 0.125 e. The summed E-state index contributed by atoms with van der Waals surface area (Å²) in [5.41, 5.74) is 8.43. The molecule has 5 heteroatoms. The number of nitrogens with two attached hydrogens (primary N) is 1. The molecule has 2 aromatic rings. The maximum absolute atomic E-state index is 13.1. The lowest BCUT2D eigenvalue weighted by molar-refractivity contribution is 0.247. The third-order valence-corrected chi connectivity index (χ3v) is 3.81. The zero-order chi connectivity index (χ0) is 14.7. The standard InChI is InChI=1S/C16H19FN4/c17-13-4-5-16(15(18)11-13)21-9-7-20(8-10-21)12-14-3-1-2-6-19-14/h1-6,11H,7-10,12,18H2. The topological polar surface area (TPSA) is 45.4 Å². The van der Waals surface area contributed by atoms with Gasteiger partial charge in [0, 0.05) is 38.9 Å². The molecule has 2 N–H and O–H groups in total. The van der Waals surface area contributed by atoms with Gasteiger partial charge in [-0.15, -0.1) is 0 Å². The predicted octanol–water partition coefficient (Wildman–Crippen LogP) is 2.13. The lowest BCUT2D eigenvalue weighted by Crippen LogP contribution is -2.46. The second kappa shape index (κ2) is 6.10. The predicted molar refractivity (Wildman–Crippen MR) is 82.5 cm³/mol. The number of benzene rings is 1. The van der Waals surface area contributed by atoms with Crippen molar-refractivity contribution < 1.29 is 4.39 Å². The van der Waals surface area contributed by atoms with Crippen LogP contribution < -0.4 is 10.6 Å². The van der Waals surface area contributed by atoms with E-state index in [-0.39, 0.29) is 5.82 Å². The Bertz CT molecular complexity index is 594. The summed E-state index contributed by atoms with van der Waals surface area (Å²) in [6, 6.07) is 10.6. The molecule has 2 heterocycles. The van der Waals surface area contributed by atoms with E-state index in [1.807, 2.05) is 24.4 Å². The van der Waals surface area contributed by atoms with Gasteiger partial charge in [0.15, 0.2) is 0 Å². The molecular weight excluding hydrogens is 267 g/mol. The van der Waals surface area contributed by atoms with E-state index in [1.165, 1.54) is 12.1 Å². The molecule has 3 rings (SSSR count). The van der Waals surface area contributed by atoms with Gasteiger partial charge in [-0.1, -0.05) is 6.07 Å². The molecule has 0 spiro atoms. The Kier molecular flexibility index (Phi) is 4.01. The average Bonchev–Trinajstić information content (AvgIpc) is 2.49. The van der Waals surface area contributed by atoms with Gasteiger partial charge in [-0.05, 0) is 30.3 Å². The summed E-state index contributed by atoms with van der Waals surface area (Å²) in [4.78, 5) is 8.94. The Morgan fingerprint density at radius 2 is 1.90 bits per heavy atom. The molecule has 0 amide bonds. The van der Waals surface area contributed by atoms with E-state index in [4.69, 9.17) is 5.73 Å². The summed E-state index contributed by atoms with van der Waals surface area (Å²) in [6.07, 6.45) is 1.82. The summed E-state index contributed by atoms with van der Waals surface area (Å²) >= 11 is 0. The number of rotatable bonds is 3.